The van der Waals surface area contributed by atoms with Gasteiger partial charge in [-0.3, -0.25) is 10.1 Å². The molecule has 0 heterocycles. The van der Waals surface area contributed by atoms with Gasteiger partial charge in [0.05, 0.1) is 4.92 Å². The number of rotatable bonds is 5. The highest BCUT2D eigenvalue weighted by molar-refractivity contribution is 5.34. The zero-order valence-electron chi connectivity index (χ0n) is 10.9. The first-order valence-electron chi connectivity index (χ1n) is 6.53. The van der Waals surface area contributed by atoms with Crippen LogP contribution in [0.25, 0.3) is 0 Å². The van der Waals surface area contributed by atoms with Crippen molar-refractivity contribution in [3.05, 3.63) is 39.9 Å². The fourth-order valence-electron chi connectivity index (χ4n) is 2.42. The normalized spacial score (nSPS) is 22.8. The molecule has 0 aromatic heterocycles. The Bertz CT molecular complexity index is 426. The molecule has 1 fully saturated rings. The van der Waals surface area contributed by atoms with Crippen molar-refractivity contribution in [2.45, 2.75) is 39.3 Å². The fraction of sp³-hybridized carbons (Fsp3) is 0.571. The van der Waals surface area contributed by atoms with Gasteiger partial charge in [0.25, 0.3) is 5.69 Å². The molecule has 2 rings (SSSR count). The highest BCUT2D eigenvalue weighted by Gasteiger charge is 2.30. The van der Waals surface area contributed by atoms with Gasteiger partial charge < -0.3 is 5.32 Å². The van der Waals surface area contributed by atoms with Crippen molar-refractivity contribution in [2.75, 3.05) is 0 Å². The first kappa shape index (κ1) is 13.0. The first-order valence-corrected chi connectivity index (χ1v) is 6.53. The Labute approximate surface area is 108 Å². The van der Waals surface area contributed by atoms with Crippen LogP contribution in [0, 0.1) is 22.0 Å². The molecule has 0 atom stereocenters. The molecule has 4 heteroatoms. The van der Waals surface area contributed by atoms with E-state index in [1.807, 2.05) is 6.07 Å². The third kappa shape index (κ3) is 3.07. The Balaban J connectivity index is 1.81. The minimum absolute atomic E-state index is 0.169. The summed E-state index contributed by atoms with van der Waals surface area (Å²) in [5.41, 5.74) is 1.15. The minimum Gasteiger partial charge on any atom is -0.310 e. The molecule has 0 unspecified atom stereocenters. The van der Waals surface area contributed by atoms with E-state index in [2.05, 4.69) is 19.2 Å². The maximum absolute atomic E-state index is 10.7. The monoisotopic (exact) mass is 248 g/mol. The van der Waals surface area contributed by atoms with Gasteiger partial charge in [0.2, 0.25) is 0 Å². The first-order chi connectivity index (χ1) is 8.56. The minimum atomic E-state index is -0.346. The predicted molar refractivity (Wildman–Crippen MR) is 71.3 cm³/mol. The lowest BCUT2D eigenvalue weighted by Gasteiger charge is -2.38. The zero-order valence-corrected chi connectivity index (χ0v) is 10.9. The molecule has 1 N–H and O–H groups in total. The lowest BCUT2D eigenvalue weighted by molar-refractivity contribution is -0.384. The number of hydrogen-bond acceptors (Lipinski definition) is 3. The van der Waals surface area contributed by atoms with E-state index in [1.54, 1.807) is 12.1 Å². The molecule has 18 heavy (non-hydrogen) atoms. The molecule has 0 aliphatic heterocycles. The summed E-state index contributed by atoms with van der Waals surface area (Å²) in [5.74, 6) is 1.61. The largest absolute Gasteiger partial charge is 0.310 e. The van der Waals surface area contributed by atoms with Crippen LogP contribution in [-0.4, -0.2) is 11.0 Å². The van der Waals surface area contributed by atoms with Crippen molar-refractivity contribution in [1.82, 2.24) is 5.32 Å². The Morgan fingerprint density at radius 3 is 2.78 bits per heavy atom. The molecule has 0 radical (unpaired) electrons. The van der Waals surface area contributed by atoms with Crippen LogP contribution in [0.3, 0.4) is 0 Å². The second-order valence-corrected chi connectivity index (χ2v) is 5.48. The number of nitrogens with one attached hydrogen (secondary N) is 1. The van der Waals surface area contributed by atoms with Gasteiger partial charge in [0.1, 0.15) is 0 Å². The number of benzene rings is 1. The van der Waals surface area contributed by atoms with Crippen molar-refractivity contribution >= 4 is 5.69 Å². The van der Waals surface area contributed by atoms with Gasteiger partial charge in [-0.1, -0.05) is 26.0 Å². The average molecular weight is 248 g/mol. The van der Waals surface area contributed by atoms with Gasteiger partial charge in [0, 0.05) is 24.7 Å². The smallest absolute Gasteiger partial charge is 0.269 e. The summed E-state index contributed by atoms with van der Waals surface area (Å²) in [5, 5.41) is 14.1. The van der Waals surface area contributed by atoms with Crippen LogP contribution in [0.1, 0.15) is 32.3 Å². The second-order valence-electron chi connectivity index (χ2n) is 5.48. The van der Waals surface area contributed by atoms with Crippen molar-refractivity contribution < 1.29 is 4.92 Å². The van der Waals surface area contributed by atoms with E-state index in [-0.39, 0.29) is 10.6 Å². The molecule has 0 spiro atoms. The van der Waals surface area contributed by atoms with E-state index in [4.69, 9.17) is 0 Å². The Kier molecular flexibility index (Phi) is 3.97. The third-order valence-corrected chi connectivity index (χ3v) is 3.83. The lowest BCUT2D eigenvalue weighted by atomic mass is 9.73. The van der Waals surface area contributed by atoms with Crippen LogP contribution in [0.2, 0.25) is 0 Å². The van der Waals surface area contributed by atoms with Crippen LogP contribution in [0.4, 0.5) is 5.69 Å². The van der Waals surface area contributed by atoms with E-state index in [9.17, 15) is 10.1 Å². The van der Waals surface area contributed by atoms with Crippen LogP contribution in [0.5, 0.6) is 0 Å². The van der Waals surface area contributed by atoms with Crippen molar-refractivity contribution in [2.24, 2.45) is 11.8 Å². The zero-order chi connectivity index (χ0) is 13.1. The lowest BCUT2D eigenvalue weighted by Crippen LogP contribution is -2.42. The van der Waals surface area contributed by atoms with Gasteiger partial charge in [-0.25, -0.2) is 0 Å². The Hall–Kier alpha value is -1.42. The summed E-state index contributed by atoms with van der Waals surface area (Å²) in [6.45, 7) is 5.25. The topological polar surface area (TPSA) is 55.2 Å². The summed E-state index contributed by atoms with van der Waals surface area (Å²) >= 11 is 0. The van der Waals surface area contributed by atoms with Gasteiger partial charge in [-0.05, 0) is 30.2 Å². The maximum Gasteiger partial charge on any atom is 0.269 e. The quantitative estimate of drug-likeness (QED) is 0.643. The molecule has 1 aliphatic carbocycles. The Morgan fingerprint density at radius 2 is 2.17 bits per heavy atom. The van der Waals surface area contributed by atoms with E-state index >= 15 is 0 Å². The van der Waals surface area contributed by atoms with E-state index in [0.29, 0.717) is 6.04 Å². The third-order valence-electron chi connectivity index (χ3n) is 3.83. The molecule has 4 nitrogen and oxygen atoms in total. The highest BCUT2D eigenvalue weighted by atomic mass is 16.6. The average Bonchev–Trinajstić information content (AvgIpc) is 2.26. The number of nitro benzene ring substituents is 1. The number of hydrogen-bond donors (Lipinski definition) is 1. The maximum atomic E-state index is 10.7. The highest BCUT2D eigenvalue weighted by Crippen LogP contribution is 2.33. The molecule has 0 amide bonds. The molecule has 98 valence electrons. The fourth-order valence-corrected chi connectivity index (χ4v) is 2.42. The standard InChI is InChI=1S/C14H20N2O2/c1-10(2)12-7-13(8-12)15-9-11-4-3-5-14(6-11)16(17)18/h3-6,10,12-13,15H,7-9H2,1-2H3. The van der Waals surface area contributed by atoms with E-state index in [0.717, 1.165) is 23.9 Å². The van der Waals surface area contributed by atoms with Gasteiger partial charge in [-0.2, -0.15) is 0 Å². The van der Waals surface area contributed by atoms with Crippen LogP contribution >= 0.6 is 0 Å². The number of non-ortho nitro benzene ring substituents is 1. The van der Waals surface area contributed by atoms with Crippen molar-refractivity contribution in [1.29, 1.82) is 0 Å². The van der Waals surface area contributed by atoms with Crippen LogP contribution < -0.4 is 5.32 Å². The van der Waals surface area contributed by atoms with Crippen molar-refractivity contribution in [3.63, 3.8) is 0 Å². The van der Waals surface area contributed by atoms with Gasteiger partial charge in [0.15, 0.2) is 0 Å². The van der Waals surface area contributed by atoms with Crippen LogP contribution in [-0.2, 0) is 6.54 Å². The number of nitrogens with zero attached hydrogens (tertiary/aromatic N) is 1. The summed E-state index contributed by atoms with van der Waals surface area (Å²) in [6, 6.07) is 7.43. The van der Waals surface area contributed by atoms with E-state index in [1.165, 1.54) is 18.9 Å². The molecular formula is C14H20N2O2. The molecule has 1 aromatic rings. The summed E-state index contributed by atoms with van der Waals surface area (Å²) in [7, 11) is 0. The van der Waals surface area contributed by atoms with Crippen molar-refractivity contribution in [3.8, 4) is 0 Å². The summed E-state index contributed by atoms with van der Waals surface area (Å²) in [4.78, 5) is 10.3. The predicted octanol–water partition coefficient (Wildman–Crippen LogP) is 3.12. The molecule has 0 bridgehead atoms. The molecule has 1 saturated carbocycles. The van der Waals surface area contributed by atoms with E-state index < -0.39 is 0 Å². The number of nitro groups is 1. The van der Waals surface area contributed by atoms with Crippen LogP contribution in [0.15, 0.2) is 24.3 Å². The molecule has 1 aromatic carbocycles. The summed E-state index contributed by atoms with van der Waals surface area (Å²) < 4.78 is 0. The SMILES string of the molecule is CC(C)C1CC(NCc2cccc([N+](=O)[O-])c2)C1. The summed E-state index contributed by atoms with van der Waals surface area (Å²) in [6.07, 6.45) is 2.46. The van der Waals surface area contributed by atoms with Gasteiger partial charge in [-0.15, -0.1) is 0 Å². The molecular weight excluding hydrogens is 228 g/mol. The second kappa shape index (κ2) is 5.48. The van der Waals surface area contributed by atoms with Gasteiger partial charge >= 0.3 is 0 Å². The molecule has 1 aliphatic rings. The molecule has 0 saturated heterocycles. The Morgan fingerprint density at radius 1 is 1.44 bits per heavy atom.